The van der Waals surface area contributed by atoms with Gasteiger partial charge in [-0.1, -0.05) is 31.1 Å². The molecule has 7 heteroatoms. The van der Waals surface area contributed by atoms with Gasteiger partial charge >= 0.3 is 5.97 Å². The van der Waals surface area contributed by atoms with Crippen molar-refractivity contribution >= 4 is 23.6 Å². The first kappa shape index (κ1) is 21.0. The summed E-state index contributed by atoms with van der Waals surface area (Å²) in [7, 11) is 0. The van der Waals surface area contributed by atoms with Gasteiger partial charge < -0.3 is 14.9 Å². The van der Waals surface area contributed by atoms with Gasteiger partial charge in [0.15, 0.2) is 0 Å². The van der Waals surface area contributed by atoms with Crippen molar-refractivity contribution in [2.75, 3.05) is 6.54 Å². The normalized spacial score (nSPS) is 12.2. The van der Waals surface area contributed by atoms with E-state index in [0.29, 0.717) is 17.7 Å². The van der Waals surface area contributed by atoms with Crippen LogP contribution in [0.15, 0.2) is 33.7 Å². The van der Waals surface area contributed by atoms with E-state index in [-0.39, 0.29) is 18.4 Å². The number of nitrogens with zero attached hydrogens (tertiary/aromatic N) is 1. The zero-order valence-corrected chi connectivity index (χ0v) is 16.9. The molecule has 1 unspecified atom stereocenters. The molecule has 6 nitrogen and oxygen atoms in total. The number of benzene rings is 1. The van der Waals surface area contributed by atoms with Crippen LogP contribution in [0.5, 0.6) is 0 Å². The summed E-state index contributed by atoms with van der Waals surface area (Å²) < 4.78 is 5.18. The third-order valence-electron chi connectivity index (χ3n) is 4.30. The van der Waals surface area contributed by atoms with Crippen LogP contribution in [0.2, 0.25) is 0 Å². The smallest absolute Gasteiger partial charge is 0.308 e. The molecule has 0 bridgehead atoms. The van der Waals surface area contributed by atoms with Crippen LogP contribution in [0.25, 0.3) is 0 Å². The molecule has 2 aromatic rings. The van der Waals surface area contributed by atoms with Crippen molar-refractivity contribution in [3.8, 4) is 0 Å². The van der Waals surface area contributed by atoms with Crippen molar-refractivity contribution < 1.29 is 19.2 Å². The number of aryl methyl sites for hydroxylation is 2. The molecule has 1 atom stereocenters. The fourth-order valence-corrected chi connectivity index (χ4v) is 3.99. The second-order valence-corrected chi connectivity index (χ2v) is 7.98. The van der Waals surface area contributed by atoms with E-state index in [1.54, 1.807) is 12.1 Å². The highest BCUT2D eigenvalue weighted by Gasteiger charge is 2.21. The Bertz CT molecular complexity index is 782. The highest BCUT2D eigenvalue weighted by molar-refractivity contribution is 7.98. The van der Waals surface area contributed by atoms with Gasteiger partial charge in [0.1, 0.15) is 5.76 Å². The van der Waals surface area contributed by atoms with Gasteiger partial charge in [-0.25, -0.2) is 0 Å². The predicted octanol–water partition coefficient (Wildman–Crippen LogP) is 4.06. The number of carbonyl (C=O) groups excluding carboxylic acids is 1. The number of aromatic nitrogens is 1. The second-order valence-electron chi connectivity index (χ2n) is 6.96. The molecule has 27 heavy (non-hydrogen) atoms. The van der Waals surface area contributed by atoms with Crippen molar-refractivity contribution in [3.63, 3.8) is 0 Å². The molecule has 1 amide bonds. The predicted molar refractivity (Wildman–Crippen MR) is 105 cm³/mol. The van der Waals surface area contributed by atoms with E-state index in [0.717, 1.165) is 21.9 Å². The Morgan fingerprint density at radius 2 is 1.96 bits per heavy atom. The molecule has 2 rings (SSSR count). The minimum absolute atomic E-state index is 0.120. The first-order valence-electron chi connectivity index (χ1n) is 8.94. The first-order chi connectivity index (χ1) is 12.8. The molecule has 0 fully saturated rings. The van der Waals surface area contributed by atoms with Crippen LogP contribution in [0.3, 0.4) is 0 Å². The van der Waals surface area contributed by atoms with Gasteiger partial charge in [0.2, 0.25) is 0 Å². The Morgan fingerprint density at radius 1 is 1.26 bits per heavy atom. The Hall–Kier alpha value is -2.28. The number of hydrogen-bond acceptors (Lipinski definition) is 5. The van der Waals surface area contributed by atoms with Crippen LogP contribution in [0, 0.1) is 25.7 Å². The fraction of sp³-hybridized carbons (Fsp3) is 0.450. The largest absolute Gasteiger partial charge is 0.481 e. The minimum atomic E-state index is -0.884. The van der Waals surface area contributed by atoms with Gasteiger partial charge in [0, 0.05) is 22.8 Å². The minimum Gasteiger partial charge on any atom is -0.481 e. The summed E-state index contributed by atoms with van der Waals surface area (Å²) in [5.74, 6) is -0.0508. The highest BCUT2D eigenvalue weighted by atomic mass is 32.2. The van der Waals surface area contributed by atoms with E-state index in [1.807, 2.05) is 39.8 Å². The number of carboxylic acids is 1. The van der Waals surface area contributed by atoms with Gasteiger partial charge in [-0.3, -0.25) is 9.59 Å². The zero-order valence-electron chi connectivity index (χ0n) is 16.1. The van der Waals surface area contributed by atoms with Crippen molar-refractivity contribution in [1.29, 1.82) is 0 Å². The summed E-state index contributed by atoms with van der Waals surface area (Å²) in [6, 6.07) is 7.33. The van der Waals surface area contributed by atoms with Crippen molar-refractivity contribution in [3.05, 3.63) is 46.8 Å². The summed E-state index contributed by atoms with van der Waals surface area (Å²) in [5, 5.41) is 16.1. The fourth-order valence-electron chi connectivity index (χ4n) is 2.79. The summed E-state index contributed by atoms with van der Waals surface area (Å²) in [5.41, 5.74) is 2.42. The summed E-state index contributed by atoms with van der Waals surface area (Å²) in [6.07, 6.45) is 0.526. The van der Waals surface area contributed by atoms with E-state index in [1.165, 1.54) is 11.8 Å². The van der Waals surface area contributed by atoms with E-state index in [4.69, 9.17) is 4.52 Å². The lowest BCUT2D eigenvalue weighted by molar-refractivity contribution is -0.142. The van der Waals surface area contributed by atoms with Gasteiger partial charge in [0.25, 0.3) is 5.91 Å². The molecule has 0 spiro atoms. The molecule has 1 aromatic heterocycles. The van der Waals surface area contributed by atoms with Crippen LogP contribution < -0.4 is 5.32 Å². The third kappa shape index (κ3) is 5.85. The number of nitrogens with one attached hydrogen (secondary N) is 1. The number of carbonyl (C=O) groups is 2. The number of hydrogen-bond donors (Lipinski definition) is 2. The van der Waals surface area contributed by atoms with Crippen molar-refractivity contribution in [2.24, 2.45) is 11.8 Å². The molecule has 2 N–H and O–H groups in total. The van der Waals surface area contributed by atoms with E-state index >= 15 is 0 Å². The Labute approximate surface area is 163 Å². The number of rotatable bonds is 9. The van der Waals surface area contributed by atoms with Gasteiger partial charge in [-0.05, 0) is 38.3 Å². The van der Waals surface area contributed by atoms with E-state index in [2.05, 4.69) is 10.5 Å². The molecular weight excluding hydrogens is 364 g/mol. The van der Waals surface area contributed by atoms with E-state index < -0.39 is 11.9 Å². The maximum absolute atomic E-state index is 12.6. The lowest BCUT2D eigenvalue weighted by Gasteiger charge is -2.16. The number of carboxylic acid groups (broad SMARTS) is 1. The molecule has 146 valence electrons. The zero-order chi connectivity index (χ0) is 20.0. The van der Waals surface area contributed by atoms with Gasteiger partial charge in [-0.15, -0.1) is 11.8 Å². The molecule has 1 heterocycles. The maximum Gasteiger partial charge on any atom is 0.308 e. The average Bonchev–Trinajstić information content (AvgIpc) is 2.94. The molecule has 0 aliphatic heterocycles. The van der Waals surface area contributed by atoms with Crippen molar-refractivity contribution in [1.82, 2.24) is 10.5 Å². The summed E-state index contributed by atoms with van der Waals surface area (Å²) in [6.45, 7) is 7.83. The maximum atomic E-state index is 12.6. The van der Waals surface area contributed by atoms with Gasteiger partial charge in [0.05, 0.1) is 17.2 Å². The summed E-state index contributed by atoms with van der Waals surface area (Å²) in [4.78, 5) is 24.8. The van der Waals surface area contributed by atoms with Crippen LogP contribution >= 0.6 is 11.8 Å². The SMILES string of the molecule is Cc1noc(C)c1CSc1ccccc1C(=O)NCC(CC(C)C)C(=O)O. The van der Waals surface area contributed by atoms with Crippen LogP contribution in [-0.2, 0) is 10.5 Å². The molecule has 0 aliphatic carbocycles. The summed E-state index contributed by atoms with van der Waals surface area (Å²) >= 11 is 1.54. The topological polar surface area (TPSA) is 92.4 Å². The lowest BCUT2D eigenvalue weighted by Crippen LogP contribution is -2.33. The molecule has 0 saturated carbocycles. The highest BCUT2D eigenvalue weighted by Crippen LogP contribution is 2.28. The standard InChI is InChI=1S/C20H26N2O4S/c1-12(2)9-15(20(24)25)10-21-19(23)16-7-5-6-8-18(16)27-11-17-13(3)22-26-14(17)4/h5-8,12,15H,9-11H2,1-4H3,(H,21,23)(H,24,25). The van der Waals surface area contributed by atoms with Gasteiger partial charge in [-0.2, -0.15) is 0 Å². The number of thioether (sulfide) groups is 1. The quantitative estimate of drug-likeness (QED) is 0.627. The third-order valence-corrected chi connectivity index (χ3v) is 5.40. The molecule has 1 aromatic carbocycles. The van der Waals surface area contributed by atoms with E-state index in [9.17, 15) is 14.7 Å². The molecule has 0 aliphatic rings. The molecule has 0 radical (unpaired) electrons. The average molecular weight is 391 g/mol. The van der Waals surface area contributed by atoms with Crippen LogP contribution in [0.1, 0.15) is 47.6 Å². The first-order valence-corrected chi connectivity index (χ1v) is 9.92. The van der Waals surface area contributed by atoms with Crippen LogP contribution in [0.4, 0.5) is 0 Å². The Morgan fingerprint density at radius 3 is 2.56 bits per heavy atom. The Kier molecular flexibility index (Phi) is 7.47. The molecular formula is C20H26N2O4S. The number of amides is 1. The monoisotopic (exact) mass is 390 g/mol. The number of aliphatic carboxylic acids is 1. The van der Waals surface area contributed by atoms with Crippen LogP contribution in [-0.4, -0.2) is 28.7 Å². The lowest BCUT2D eigenvalue weighted by atomic mass is 9.97. The van der Waals surface area contributed by atoms with Crippen molar-refractivity contribution in [2.45, 2.75) is 44.8 Å². The second kappa shape index (κ2) is 9.60. The Balaban J connectivity index is 2.05. The molecule has 0 saturated heterocycles.